The summed E-state index contributed by atoms with van der Waals surface area (Å²) in [7, 11) is 1.39. The molecule has 0 bridgehead atoms. The minimum Gasteiger partial charge on any atom is -0.480 e. The van der Waals surface area contributed by atoms with E-state index in [9.17, 15) is 19.5 Å². The molecule has 0 spiro atoms. The molecule has 1 aliphatic carbocycles. The van der Waals surface area contributed by atoms with E-state index >= 15 is 0 Å². The summed E-state index contributed by atoms with van der Waals surface area (Å²) in [5, 5.41) is 14.4. The molecule has 176 valence electrons. The summed E-state index contributed by atoms with van der Waals surface area (Å²) in [6.07, 6.45) is -0.781. The second kappa shape index (κ2) is 10.0. The van der Waals surface area contributed by atoms with Crippen molar-refractivity contribution in [2.24, 2.45) is 5.41 Å². The van der Waals surface area contributed by atoms with Gasteiger partial charge in [0.25, 0.3) is 0 Å². The van der Waals surface area contributed by atoms with Crippen LogP contribution in [0.1, 0.15) is 37.8 Å². The number of methoxy groups -OCH3 is 1. The van der Waals surface area contributed by atoms with Crippen LogP contribution in [-0.4, -0.2) is 55.5 Å². The van der Waals surface area contributed by atoms with Crippen LogP contribution in [0.15, 0.2) is 48.5 Å². The van der Waals surface area contributed by atoms with E-state index in [4.69, 9.17) is 9.47 Å². The van der Waals surface area contributed by atoms with Gasteiger partial charge in [0.2, 0.25) is 5.91 Å². The molecule has 0 fully saturated rings. The van der Waals surface area contributed by atoms with Crippen LogP contribution in [-0.2, 0) is 19.1 Å². The van der Waals surface area contributed by atoms with Gasteiger partial charge in [0, 0.05) is 13.0 Å². The Morgan fingerprint density at radius 3 is 2.00 bits per heavy atom. The van der Waals surface area contributed by atoms with E-state index in [-0.39, 0.29) is 19.1 Å². The molecule has 33 heavy (non-hydrogen) atoms. The molecule has 8 nitrogen and oxygen atoms in total. The number of rotatable bonds is 8. The molecule has 0 radical (unpaired) electrons. The number of aliphatic carboxylic acids is 1. The van der Waals surface area contributed by atoms with Crippen molar-refractivity contribution in [2.45, 2.75) is 38.8 Å². The minimum absolute atomic E-state index is 0.0981. The first-order valence-corrected chi connectivity index (χ1v) is 10.8. The molecule has 2 atom stereocenters. The quantitative estimate of drug-likeness (QED) is 0.565. The highest BCUT2D eigenvalue weighted by atomic mass is 16.5. The van der Waals surface area contributed by atoms with E-state index < -0.39 is 35.5 Å². The second-order valence-corrected chi connectivity index (χ2v) is 9.12. The first-order chi connectivity index (χ1) is 15.6. The molecular formula is C25H30N2O6. The number of amides is 2. The van der Waals surface area contributed by atoms with Crippen LogP contribution in [0.5, 0.6) is 0 Å². The average molecular weight is 455 g/mol. The van der Waals surface area contributed by atoms with E-state index in [2.05, 4.69) is 10.6 Å². The SMILES string of the molecule is COC[C@H](NC(=O)OCC1c2ccccc2-c2ccccc21)C(=O)N[C@@H](C(=O)O)C(C)(C)C. The van der Waals surface area contributed by atoms with Crippen LogP contribution in [0.3, 0.4) is 0 Å². The van der Waals surface area contributed by atoms with Crippen molar-refractivity contribution in [1.29, 1.82) is 0 Å². The summed E-state index contributed by atoms with van der Waals surface area (Å²) < 4.78 is 10.5. The lowest BCUT2D eigenvalue weighted by Crippen LogP contribution is -2.56. The van der Waals surface area contributed by atoms with Crippen molar-refractivity contribution in [3.05, 3.63) is 59.7 Å². The van der Waals surface area contributed by atoms with E-state index in [1.807, 2.05) is 48.5 Å². The molecule has 2 amide bonds. The largest absolute Gasteiger partial charge is 0.480 e. The van der Waals surface area contributed by atoms with Gasteiger partial charge < -0.3 is 25.2 Å². The van der Waals surface area contributed by atoms with Crippen molar-refractivity contribution < 1.29 is 29.0 Å². The Morgan fingerprint density at radius 2 is 1.52 bits per heavy atom. The highest BCUT2D eigenvalue weighted by Gasteiger charge is 2.35. The fraction of sp³-hybridized carbons (Fsp3) is 0.400. The number of hydrogen-bond acceptors (Lipinski definition) is 5. The zero-order chi connectivity index (χ0) is 24.2. The predicted octanol–water partition coefficient (Wildman–Crippen LogP) is 3.16. The van der Waals surface area contributed by atoms with Crippen LogP contribution in [0.4, 0.5) is 4.79 Å². The number of benzene rings is 2. The molecule has 2 aromatic carbocycles. The third-order valence-corrected chi connectivity index (χ3v) is 5.69. The number of nitrogens with one attached hydrogen (secondary N) is 2. The monoisotopic (exact) mass is 454 g/mol. The van der Waals surface area contributed by atoms with Crippen LogP contribution < -0.4 is 10.6 Å². The lowest BCUT2D eigenvalue weighted by molar-refractivity contribution is -0.145. The maximum Gasteiger partial charge on any atom is 0.407 e. The summed E-state index contributed by atoms with van der Waals surface area (Å²) in [4.78, 5) is 36.8. The number of carbonyl (C=O) groups is 3. The number of alkyl carbamates (subject to hydrolysis) is 1. The average Bonchev–Trinajstić information content (AvgIpc) is 3.08. The van der Waals surface area contributed by atoms with Crippen LogP contribution in [0.2, 0.25) is 0 Å². The van der Waals surface area contributed by atoms with Gasteiger partial charge in [-0.1, -0.05) is 69.3 Å². The number of carboxylic acids is 1. The number of ether oxygens (including phenoxy) is 2. The number of fused-ring (bicyclic) bond motifs is 3. The topological polar surface area (TPSA) is 114 Å². The smallest absolute Gasteiger partial charge is 0.407 e. The molecule has 0 aliphatic heterocycles. The van der Waals surface area contributed by atoms with E-state index in [1.54, 1.807) is 20.8 Å². The fourth-order valence-corrected chi connectivity index (χ4v) is 4.02. The summed E-state index contributed by atoms with van der Waals surface area (Å²) in [5.41, 5.74) is 3.66. The van der Waals surface area contributed by atoms with Crippen molar-refractivity contribution >= 4 is 18.0 Å². The van der Waals surface area contributed by atoms with Gasteiger partial charge in [0.05, 0.1) is 6.61 Å². The Hall–Kier alpha value is -3.39. The summed E-state index contributed by atoms with van der Waals surface area (Å²) in [5.74, 6) is -1.93. The number of carbonyl (C=O) groups excluding carboxylic acids is 2. The van der Waals surface area contributed by atoms with Crippen molar-refractivity contribution in [1.82, 2.24) is 10.6 Å². The standard InChI is InChI=1S/C25H30N2O6/c1-25(2,3)21(23(29)30)27-22(28)20(14-32-4)26-24(31)33-13-19-17-11-7-5-9-15(17)16-10-6-8-12-18(16)19/h5-12,19-21H,13-14H2,1-4H3,(H,26,31)(H,27,28)(H,29,30)/t20-,21-/m0/s1. The Morgan fingerprint density at radius 1 is 0.970 bits per heavy atom. The third kappa shape index (κ3) is 5.51. The molecule has 0 aromatic heterocycles. The Balaban J connectivity index is 1.66. The Bertz CT molecular complexity index is 984. The molecule has 0 unspecified atom stereocenters. The Kier molecular flexibility index (Phi) is 7.38. The van der Waals surface area contributed by atoms with Gasteiger partial charge >= 0.3 is 12.1 Å². The van der Waals surface area contributed by atoms with E-state index in [1.165, 1.54) is 7.11 Å². The van der Waals surface area contributed by atoms with Crippen molar-refractivity contribution in [3.8, 4) is 11.1 Å². The molecule has 2 aromatic rings. The van der Waals surface area contributed by atoms with Gasteiger partial charge in [0.15, 0.2) is 0 Å². The van der Waals surface area contributed by atoms with E-state index in [0.717, 1.165) is 22.3 Å². The molecular weight excluding hydrogens is 424 g/mol. The first-order valence-electron chi connectivity index (χ1n) is 10.8. The molecule has 0 saturated heterocycles. The maximum atomic E-state index is 12.7. The molecule has 0 heterocycles. The second-order valence-electron chi connectivity index (χ2n) is 9.12. The minimum atomic E-state index is -1.16. The molecule has 3 rings (SSSR count). The third-order valence-electron chi connectivity index (χ3n) is 5.69. The fourth-order valence-electron chi connectivity index (χ4n) is 4.02. The number of carboxylic acid groups (broad SMARTS) is 1. The first kappa shape index (κ1) is 24.3. The van der Waals surface area contributed by atoms with Crippen molar-refractivity contribution in [3.63, 3.8) is 0 Å². The van der Waals surface area contributed by atoms with Crippen LogP contribution in [0.25, 0.3) is 11.1 Å². The van der Waals surface area contributed by atoms with Gasteiger partial charge in [-0.3, -0.25) is 4.79 Å². The molecule has 0 saturated carbocycles. The van der Waals surface area contributed by atoms with Gasteiger partial charge in [-0.25, -0.2) is 9.59 Å². The molecule has 1 aliphatic rings. The van der Waals surface area contributed by atoms with Gasteiger partial charge in [-0.05, 0) is 27.7 Å². The van der Waals surface area contributed by atoms with Gasteiger partial charge in [0.1, 0.15) is 18.7 Å². The number of hydrogen-bond donors (Lipinski definition) is 3. The highest BCUT2D eigenvalue weighted by Crippen LogP contribution is 2.44. The molecule has 8 heteroatoms. The highest BCUT2D eigenvalue weighted by molar-refractivity contribution is 5.89. The summed E-state index contributed by atoms with van der Waals surface area (Å²) in [6, 6.07) is 13.7. The zero-order valence-corrected chi connectivity index (χ0v) is 19.3. The van der Waals surface area contributed by atoms with E-state index in [0.29, 0.717) is 0 Å². The zero-order valence-electron chi connectivity index (χ0n) is 19.3. The van der Waals surface area contributed by atoms with Crippen molar-refractivity contribution in [2.75, 3.05) is 20.3 Å². The lowest BCUT2D eigenvalue weighted by atomic mass is 9.86. The lowest BCUT2D eigenvalue weighted by Gasteiger charge is -2.29. The normalized spacial score (nSPS) is 14.5. The summed E-state index contributed by atoms with van der Waals surface area (Å²) in [6.45, 7) is 5.08. The van der Waals surface area contributed by atoms with Gasteiger partial charge in [-0.15, -0.1) is 0 Å². The van der Waals surface area contributed by atoms with Crippen LogP contribution >= 0.6 is 0 Å². The van der Waals surface area contributed by atoms with Crippen LogP contribution in [0, 0.1) is 5.41 Å². The maximum absolute atomic E-state index is 12.7. The summed E-state index contributed by atoms with van der Waals surface area (Å²) >= 11 is 0. The Labute approximate surface area is 193 Å². The van der Waals surface area contributed by atoms with Gasteiger partial charge in [-0.2, -0.15) is 0 Å². The molecule has 3 N–H and O–H groups in total. The predicted molar refractivity (Wildman–Crippen MR) is 123 cm³/mol.